The molecule has 2 rings (SSSR count). The number of hydroxylamine groups is 1. The third-order valence-electron chi connectivity index (χ3n) is 2.88. The predicted molar refractivity (Wildman–Crippen MR) is 73.1 cm³/mol. The number of benzene rings is 1. The molecule has 0 aromatic heterocycles. The van der Waals surface area contributed by atoms with E-state index in [0.717, 1.165) is 21.5 Å². The van der Waals surface area contributed by atoms with Crippen LogP contribution in [0.2, 0.25) is 0 Å². The first-order valence-corrected chi connectivity index (χ1v) is 6.81. The molecule has 1 heterocycles. The summed E-state index contributed by atoms with van der Waals surface area (Å²) in [5, 5.41) is 0. The van der Waals surface area contributed by atoms with Crippen molar-refractivity contribution in [3.8, 4) is 11.5 Å². The maximum absolute atomic E-state index is 5.68. The third kappa shape index (κ3) is 2.63. The van der Waals surface area contributed by atoms with Gasteiger partial charge >= 0.3 is 0 Å². The van der Waals surface area contributed by atoms with Gasteiger partial charge in [-0.25, -0.2) is 0 Å². The zero-order valence-corrected chi connectivity index (χ0v) is 12.5. The van der Waals surface area contributed by atoms with E-state index in [-0.39, 0.29) is 0 Å². The van der Waals surface area contributed by atoms with Crippen LogP contribution in [0.5, 0.6) is 11.5 Å². The fourth-order valence-corrected chi connectivity index (χ4v) is 3.15. The second-order valence-corrected chi connectivity index (χ2v) is 5.26. The maximum atomic E-state index is 5.68. The average Bonchev–Trinajstić information content (AvgIpc) is 2.36. The first kappa shape index (κ1) is 13.6. The van der Waals surface area contributed by atoms with E-state index in [1.807, 2.05) is 6.07 Å². The van der Waals surface area contributed by atoms with Gasteiger partial charge in [-0.2, -0.15) is 5.48 Å². The molecule has 100 valence electrons. The van der Waals surface area contributed by atoms with Gasteiger partial charge in [-0.15, -0.1) is 0 Å². The predicted octanol–water partition coefficient (Wildman–Crippen LogP) is 2.99. The normalized spacial score (nSPS) is 14.1. The largest absolute Gasteiger partial charge is 0.486 e. The van der Waals surface area contributed by atoms with E-state index in [1.54, 1.807) is 7.11 Å². The van der Waals surface area contributed by atoms with Crippen LogP contribution in [0, 0.1) is 0 Å². The lowest BCUT2D eigenvalue weighted by Crippen LogP contribution is -2.19. The number of ether oxygens (including phenoxy) is 2. The van der Waals surface area contributed by atoms with Crippen LogP contribution in [-0.2, 0) is 11.4 Å². The second-order valence-electron chi connectivity index (χ2n) is 4.47. The standard InChI is InChI=1S/C13H18BrNO3/c1-8(2)11-9(7-15-16-3)6-10-13(12(11)14)18-5-4-17-10/h6,8,15H,4-5,7H2,1-3H3. The lowest BCUT2D eigenvalue weighted by Gasteiger charge is -2.24. The highest BCUT2D eigenvalue weighted by Crippen LogP contribution is 2.44. The number of fused-ring (bicyclic) bond motifs is 1. The van der Waals surface area contributed by atoms with Crippen molar-refractivity contribution in [3.05, 3.63) is 21.7 Å². The molecule has 0 saturated heterocycles. The van der Waals surface area contributed by atoms with Crippen molar-refractivity contribution in [2.24, 2.45) is 0 Å². The van der Waals surface area contributed by atoms with Gasteiger partial charge in [-0.1, -0.05) is 13.8 Å². The van der Waals surface area contributed by atoms with Gasteiger partial charge in [-0.05, 0) is 39.0 Å². The fraction of sp³-hybridized carbons (Fsp3) is 0.538. The van der Waals surface area contributed by atoms with Crippen LogP contribution in [-0.4, -0.2) is 20.3 Å². The zero-order chi connectivity index (χ0) is 13.1. The van der Waals surface area contributed by atoms with Crippen LogP contribution in [0.15, 0.2) is 10.5 Å². The van der Waals surface area contributed by atoms with Crippen LogP contribution >= 0.6 is 15.9 Å². The van der Waals surface area contributed by atoms with Gasteiger partial charge in [0.05, 0.1) is 11.6 Å². The highest BCUT2D eigenvalue weighted by atomic mass is 79.9. The molecule has 0 atom stereocenters. The monoisotopic (exact) mass is 315 g/mol. The summed E-state index contributed by atoms with van der Waals surface area (Å²) in [5.74, 6) is 2.00. The lowest BCUT2D eigenvalue weighted by atomic mass is 9.96. The highest BCUT2D eigenvalue weighted by molar-refractivity contribution is 9.10. The molecule has 18 heavy (non-hydrogen) atoms. The van der Waals surface area contributed by atoms with Gasteiger partial charge in [-0.3, -0.25) is 0 Å². The van der Waals surface area contributed by atoms with Gasteiger partial charge in [0.1, 0.15) is 13.2 Å². The Morgan fingerprint density at radius 1 is 1.39 bits per heavy atom. The molecule has 1 N–H and O–H groups in total. The van der Waals surface area contributed by atoms with E-state index in [2.05, 4.69) is 35.3 Å². The molecule has 0 radical (unpaired) electrons. The molecule has 0 unspecified atom stereocenters. The first-order chi connectivity index (χ1) is 8.65. The molecule has 0 bridgehead atoms. The summed E-state index contributed by atoms with van der Waals surface area (Å²) in [6, 6.07) is 2.03. The summed E-state index contributed by atoms with van der Waals surface area (Å²) >= 11 is 3.64. The molecule has 0 amide bonds. The Hall–Kier alpha value is -0.780. The molecule has 1 aliphatic heterocycles. The molecule has 5 heteroatoms. The number of hydrogen-bond donors (Lipinski definition) is 1. The summed E-state index contributed by atoms with van der Waals surface area (Å²) in [6.45, 7) is 6.15. The van der Waals surface area contributed by atoms with Crippen molar-refractivity contribution in [2.75, 3.05) is 20.3 Å². The molecule has 0 aliphatic carbocycles. The smallest absolute Gasteiger partial charge is 0.175 e. The van der Waals surface area contributed by atoms with Crippen LogP contribution in [0.25, 0.3) is 0 Å². The number of rotatable bonds is 4. The Kier molecular flexibility index (Phi) is 4.48. The van der Waals surface area contributed by atoms with Gasteiger partial charge in [0.25, 0.3) is 0 Å². The quantitative estimate of drug-likeness (QED) is 0.867. The molecule has 1 aromatic rings. The van der Waals surface area contributed by atoms with Crippen molar-refractivity contribution >= 4 is 15.9 Å². The molecule has 4 nitrogen and oxygen atoms in total. The van der Waals surface area contributed by atoms with Crippen LogP contribution in [0.3, 0.4) is 0 Å². The number of halogens is 1. The minimum absolute atomic E-state index is 0.392. The Bertz CT molecular complexity index is 435. The average molecular weight is 316 g/mol. The first-order valence-electron chi connectivity index (χ1n) is 6.01. The minimum atomic E-state index is 0.392. The Morgan fingerprint density at radius 2 is 2.11 bits per heavy atom. The Labute approximate surface area is 116 Å². The molecule has 0 spiro atoms. The van der Waals surface area contributed by atoms with E-state index in [4.69, 9.17) is 14.3 Å². The van der Waals surface area contributed by atoms with Gasteiger partial charge < -0.3 is 14.3 Å². The molecule has 0 saturated carbocycles. The fourth-order valence-electron chi connectivity index (χ4n) is 2.13. The second kappa shape index (κ2) is 5.91. The maximum Gasteiger partial charge on any atom is 0.175 e. The van der Waals surface area contributed by atoms with Crippen molar-refractivity contribution < 1.29 is 14.3 Å². The summed E-state index contributed by atoms with van der Waals surface area (Å²) in [4.78, 5) is 4.93. The molecular weight excluding hydrogens is 298 g/mol. The van der Waals surface area contributed by atoms with E-state index in [0.29, 0.717) is 25.7 Å². The molecule has 1 aliphatic rings. The topological polar surface area (TPSA) is 39.7 Å². The van der Waals surface area contributed by atoms with Crippen molar-refractivity contribution in [1.82, 2.24) is 5.48 Å². The molecular formula is C13H18BrNO3. The van der Waals surface area contributed by atoms with Crippen molar-refractivity contribution in [3.63, 3.8) is 0 Å². The van der Waals surface area contributed by atoms with Gasteiger partial charge in [0, 0.05) is 6.54 Å². The summed E-state index contributed by atoms with van der Waals surface area (Å²) in [7, 11) is 1.61. The van der Waals surface area contributed by atoms with E-state index >= 15 is 0 Å². The highest BCUT2D eigenvalue weighted by Gasteiger charge is 2.22. The summed E-state index contributed by atoms with van der Waals surface area (Å²) in [5.41, 5.74) is 5.26. The van der Waals surface area contributed by atoms with Crippen molar-refractivity contribution in [1.29, 1.82) is 0 Å². The van der Waals surface area contributed by atoms with E-state index in [1.165, 1.54) is 5.56 Å². The Balaban J connectivity index is 2.46. The summed E-state index contributed by atoms with van der Waals surface area (Å²) < 4.78 is 12.3. The molecule has 1 aromatic carbocycles. The van der Waals surface area contributed by atoms with Gasteiger partial charge in [0.2, 0.25) is 0 Å². The SMILES string of the molecule is CONCc1cc2c(c(Br)c1C(C)C)OCCO2. The third-order valence-corrected chi connectivity index (χ3v) is 3.67. The van der Waals surface area contributed by atoms with Gasteiger partial charge in [0.15, 0.2) is 11.5 Å². The van der Waals surface area contributed by atoms with E-state index < -0.39 is 0 Å². The van der Waals surface area contributed by atoms with Crippen LogP contribution < -0.4 is 15.0 Å². The Morgan fingerprint density at radius 3 is 2.78 bits per heavy atom. The minimum Gasteiger partial charge on any atom is -0.486 e. The van der Waals surface area contributed by atoms with Crippen LogP contribution in [0.4, 0.5) is 0 Å². The number of nitrogens with one attached hydrogen (secondary N) is 1. The van der Waals surface area contributed by atoms with Crippen molar-refractivity contribution in [2.45, 2.75) is 26.3 Å². The number of hydrogen-bond acceptors (Lipinski definition) is 4. The van der Waals surface area contributed by atoms with Crippen LogP contribution in [0.1, 0.15) is 30.9 Å². The summed E-state index contributed by atoms with van der Waals surface area (Å²) in [6.07, 6.45) is 0. The molecule has 0 fully saturated rings. The van der Waals surface area contributed by atoms with E-state index in [9.17, 15) is 0 Å². The zero-order valence-electron chi connectivity index (χ0n) is 10.9. The lowest BCUT2D eigenvalue weighted by molar-refractivity contribution is 0.0862.